The Bertz CT molecular complexity index is 1090. The van der Waals surface area contributed by atoms with Crippen LogP contribution in [0, 0.1) is 0 Å². The molecule has 0 aliphatic carbocycles. The number of phenolic OH excluding ortho intramolecular Hbond substituents is 1. The van der Waals surface area contributed by atoms with Crippen molar-refractivity contribution >= 4 is 22.4 Å². The summed E-state index contributed by atoms with van der Waals surface area (Å²) in [6.07, 6.45) is 3.23. The molecular weight excluding hydrogens is 352 g/mol. The number of hydrogen-bond donors (Lipinski definition) is 2. The van der Waals surface area contributed by atoms with Gasteiger partial charge in [-0.15, -0.1) is 11.3 Å². The van der Waals surface area contributed by atoms with Crippen molar-refractivity contribution < 1.29 is 14.3 Å². The van der Waals surface area contributed by atoms with Gasteiger partial charge in [0.2, 0.25) is 0 Å². The van der Waals surface area contributed by atoms with E-state index in [1.54, 1.807) is 41.6 Å². The molecule has 1 amide bonds. The number of aromatic amines is 1. The minimum absolute atomic E-state index is 0.130. The second-order valence-electron chi connectivity index (χ2n) is 5.83. The number of hydrogen-bond acceptors (Lipinski definition) is 6. The van der Waals surface area contributed by atoms with E-state index in [4.69, 9.17) is 4.42 Å². The van der Waals surface area contributed by atoms with E-state index in [2.05, 4.69) is 15.2 Å². The molecule has 1 aliphatic rings. The maximum atomic E-state index is 13.1. The first-order valence-corrected chi connectivity index (χ1v) is 8.76. The zero-order chi connectivity index (χ0) is 17.7. The molecule has 0 saturated carbocycles. The summed E-state index contributed by atoms with van der Waals surface area (Å²) >= 11 is 1.37. The Balaban J connectivity index is 1.76. The maximum Gasteiger partial charge on any atom is 0.281 e. The van der Waals surface area contributed by atoms with Crippen LogP contribution >= 0.6 is 11.3 Å². The third-order valence-electron chi connectivity index (χ3n) is 4.34. The smallest absolute Gasteiger partial charge is 0.281 e. The van der Waals surface area contributed by atoms with E-state index >= 15 is 0 Å². The van der Waals surface area contributed by atoms with Crippen molar-refractivity contribution in [3.05, 3.63) is 71.1 Å². The lowest BCUT2D eigenvalue weighted by Gasteiger charge is -2.23. The number of carbonyl (C=O) groups excluding carboxylic acids is 1. The van der Waals surface area contributed by atoms with Gasteiger partial charge in [0.1, 0.15) is 11.4 Å². The molecule has 1 atom stereocenters. The lowest BCUT2D eigenvalue weighted by Crippen LogP contribution is -2.29. The van der Waals surface area contributed by atoms with Crippen molar-refractivity contribution in [2.75, 3.05) is 4.90 Å². The van der Waals surface area contributed by atoms with Crippen LogP contribution in [0.25, 0.3) is 11.5 Å². The minimum atomic E-state index is -0.463. The van der Waals surface area contributed by atoms with Crippen molar-refractivity contribution in [2.24, 2.45) is 0 Å². The molecule has 26 heavy (non-hydrogen) atoms. The first-order chi connectivity index (χ1) is 12.7. The number of rotatable bonds is 3. The van der Waals surface area contributed by atoms with Gasteiger partial charge in [-0.1, -0.05) is 12.1 Å². The summed E-state index contributed by atoms with van der Waals surface area (Å²) in [4.78, 5) is 19.0. The molecule has 0 fully saturated rings. The number of H-pyrrole nitrogens is 1. The van der Waals surface area contributed by atoms with Gasteiger partial charge in [-0.25, -0.2) is 4.98 Å². The molecule has 2 N–H and O–H groups in total. The number of carbonyl (C=O) groups is 1. The molecule has 0 radical (unpaired) electrons. The van der Waals surface area contributed by atoms with Crippen LogP contribution < -0.4 is 4.90 Å². The number of thiazole rings is 1. The highest BCUT2D eigenvalue weighted by molar-refractivity contribution is 7.13. The van der Waals surface area contributed by atoms with E-state index in [0.717, 1.165) is 5.56 Å². The number of aromatic hydroxyl groups is 1. The summed E-state index contributed by atoms with van der Waals surface area (Å²) in [6, 6.07) is 9.98. The number of aromatic nitrogens is 3. The van der Waals surface area contributed by atoms with Gasteiger partial charge in [-0.3, -0.25) is 14.8 Å². The Morgan fingerprint density at radius 1 is 1.27 bits per heavy atom. The summed E-state index contributed by atoms with van der Waals surface area (Å²) in [5, 5.41) is 19.5. The first kappa shape index (κ1) is 14.9. The zero-order valence-corrected chi connectivity index (χ0v) is 14.1. The standard InChI is InChI=1S/C18H12N4O3S/c23-11-4-1-3-10(9-11)16-13-14(12-5-2-7-25-12)20-21-15(13)17(24)22(16)18-19-6-8-26-18/h1-9,16,23H,(H,20,21). The number of nitrogens with zero attached hydrogens (tertiary/aromatic N) is 3. The molecule has 0 spiro atoms. The summed E-state index contributed by atoms with van der Waals surface area (Å²) in [6.45, 7) is 0. The van der Waals surface area contributed by atoms with Gasteiger partial charge in [-0.05, 0) is 29.8 Å². The molecule has 3 aromatic heterocycles. The third kappa shape index (κ3) is 2.09. The normalized spacial score (nSPS) is 16.2. The Kier molecular flexibility index (Phi) is 3.19. The monoisotopic (exact) mass is 364 g/mol. The zero-order valence-electron chi connectivity index (χ0n) is 13.3. The number of furan rings is 1. The van der Waals surface area contributed by atoms with Gasteiger partial charge in [0, 0.05) is 17.1 Å². The summed E-state index contributed by atoms with van der Waals surface area (Å²) < 4.78 is 5.51. The van der Waals surface area contributed by atoms with Crippen molar-refractivity contribution in [1.82, 2.24) is 15.2 Å². The predicted octanol–water partition coefficient (Wildman–Crippen LogP) is 3.58. The number of nitrogens with one attached hydrogen (secondary N) is 1. The molecule has 1 aromatic carbocycles. The maximum absolute atomic E-state index is 13.1. The molecule has 5 rings (SSSR count). The Hall–Kier alpha value is -3.39. The number of benzene rings is 1. The fourth-order valence-corrected chi connectivity index (χ4v) is 3.96. The van der Waals surface area contributed by atoms with Crippen LogP contribution in [0.1, 0.15) is 27.7 Å². The van der Waals surface area contributed by atoms with Crippen molar-refractivity contribution in [2.45, 2.75) is 6.04 Å². The van der Waals surface area contributed by atoms with Crippen molar-refractivity contribution in [3.63, 3.8) is 0 Å². The molecule has 7 nitrogen and oxygen atoms in total. The average Bonchev–Trinajstić information content (AvgIpc) is 3.41. The molecule has 8 heteroatoms. The van der Waals surface area contributed by atoms with Gasteiger partial charge in [-0.2, -0.15) is 5.10 Å². The fraction of sp³-hybridized carbons (Fsp3) is 0.0556. The SMILES string of the molecule is O=C1c2n[nH]c(-c3ccco3)c2C(c2cccc(O)c2)N1c1nccs1. The van der Waals surface area contributed by atoms with E-state index in [-0.39, 0.29) is 11.7 Å². The number of phenols is 1. The second kappa shape index (κ2) is 5.57. The highest BCUT2D eigenvalue weighted by atomic mass is 32.1. The van der Waals surface area contributed by atoms with Crippen LogP contribution in [0.3, 0.4) is 0 Å². The van der Waals surface area contributed by atoms with Crippen LogP contribution in [0.15, 0.2) is 58.7 Å². The molecule has 0 saturated heterocycles. The Morgan fingerprint density at radius 2 is 2.19 bits per heavy atom. The van der Waals surface area contributed by atoms with Gasteiger partial charge in [0.05, 0.1) is 12.3 Å². The fourth-order valence-electron chi connectivity index (χ4n) is 3.29. The van der Waals surface area contributed by atoms with Crippen molar-refractivity contribution in [3.8, 4) is 17.2 Å². The molecule has 1 aliphatic heterocycles. The number of fused-ring (bicyclic) bond motifs is 1. The first-order valence-electron chi connectivity index (χ1n) is 7.88. The van der Waals surface area contributed by atoms with E-state index in [1.807, 2.05) is 17.5 Å². The molecule has 1 unspecified atom stereocenters. The third-order valence-corrected chi connectivity index (χ3v) is 5.11. The molecule has 4 aromatic rings. The predicted molar refractivity (Wildman–Crippen MR) is 95.2 cm³/mol. The summed E-state index contributed by atoms with van der Waals surface area (Å²) in [5.41, 5.74) is 2.46. The average molecular weight is 364 g/mol. The summed E-state index contributed by atoms with van der Waals surface area (Å²) in [5.74, 6) is 0.487. The molecule has 4 heterocycles. The molecule has 0 bridgehead atoms. The largest absolute Gasteiger partial charge is 0.508 e. The van der Waals surface area contributed by atoms with Crippen LogP contribution in [0.5, 0.6) is 5.75 Å². The van der Waals surface area contributed by atoms with Crippen LogP contribution in [-0.2, 0) is 0 Å². The number of amides is 1. The second-order valence-corrected chi connectivity index (χ2v) is 6.70. The lowest BCUT2D eigenvalue weighted by atomic mass is 9.98. The Labute approximate surface area is 151 Å². The van der Waals surface area contributed by atoms with Crippen molar-refractivity contribution in [1.29, 1.82) is 0 Å². The summed E-state index contributed by atoms with van der Waals surface area (Å²) in [7, 11) is 0. The van der Waals surface area contributed by atoms with Crippen LogP contribution in [0.2, 0.25) is 0 Å². The number of anilines is 1. The molecular formula is C18H12N4O3S. The Morgan fingerprint density at radius 3 is 2.92 bits per heavy atom. The topological polar surface area (TPSA) is 95.2 Å². The molecule has 128 valence electrons. The van der Waals surface area contributed by atoms with E-state index in [0.29, 0.717) is 27.8 Å². The van der Waals surface area contributed by atoms with Gasteiger partial charge >= 0.3 is 0 Å². The lowest BCUT2D eigenvalue weighted by molar-refractivity contribution is 0.0988. The minimum Gasteiger partial charge on any atom is -0.508 e. The van der Waals surface area contributed by atoms with Gasteiger partial charge in [0.25, 0.3) is 5.91 Å². The van der Waals surface area contributed by atoms with Crippen LogP contribution in [0.4, 0.5) is 5.13 Å². The van der Waals surface area contributed by atoms with E-state index in [1.165, 1.54) is 11.3 Å². The quantitative estimate of drug-likeness (QED) is 0.579. The van der Waals surface area contributed by atoms with Gasteiger partial charge < -0.3 is 9.52 Å². The van der Waals surface area contributed by atoms with E-state index < -0.39 is 6.04 Å². The van der Waals surface area contributed by atoms with E-state index in [9.17, 15) is 9.90 Å². The highest BCUT2D eigenvalue weighted by Gasteiger charge is 2.44. The van der Waals surface area contributed by atoms with Crippen LogP contribution in [-0.4, -0.2) is 26.2 Å². The highest BCUT2D eigenvalue weighted by Crippen LogP contribution is 2.45. The van der Waals surface area contributed by atoms with Gasteiger partial charge in [0.15, 0.2) is 16.6 Å².